The molecule has 1 fully saturated rings. The summed E-state index contributed by atoms with van der Waals surface area (Å²) in [5, 5.41) is 0.497. The van der Waals surface area contributed by atoms with Crippen LogP contribution < -0.4 is 10.5 Å². The molecular weight excluding hydrogens is 308 g/mol. The number of hydrogen-bond donors (Lipinski definition) is 2. The summed E-state index contributed by atoms with van der Waals surface area (Å²) in [4.78, 5) is 0.234. The average molecular weight is 331 g/mol. The number of sulfonamides is 1. The summed E-state index contributed by atoms with van der Waals surface area (Å²) in [6, 6.07) is 4.68. The Morgan fingerprint density at radius 1 is 1.24 bits per heavy atom. The normalized spacial score (nSPS) is 26.8. The van der Waals surface area contributed by atoms with Crippen molar-refractivity contribution in [2.45, 2.75) is 50.6 Å². The van der Waals surface area contributed by atoms with Crippen molar-refractivity contribution in [2.75, 3.05) is 0 Å². The molecule has 1 aromatic rings. The summed E-state index contributed by atoms with van der Waals surface area (Å²) < 4.78 is 27.8. The zero-order chi connectivity index (χ0) is 15.6. The van der Waals surface area contributed by atoms with Crippen molar-refractivity contribution < 1.29 is 8.42 Å². The topological polar surface area (TPSA) is 72.2 Å². The third-order valence-corrected chi connectivity index (χ3v) is 5.93. The molecule has 6 heteroatoms. The number of benzene rings is 1. The molecule has 2 unspecified atom stereocenters. The number of nitrogens with two attached hydrogens (primary N) is 1. The van der Waals surface area contributed by atoms with Gasteiger partial charge in [0.25, 0.3) is 0 Å². The SMILES string of the molecule is CC1CC(C)CC(NS(=O)(=O)c2ccc(Cl)c(CN)c2)C1. The summed E-state index contributed by atoms with van der Waals surface area (Å²) in [5.41, 5.74) is 6.23. The van der Waals surface area contributed by atoms with Crippen molar-refractivity contribution in [3.8, 4) is 0 Å². The maximum Gasteiger partial charge on any atom is 0.240 e. The lowest BCUT2D eigenvalue weighted by Crippen LogP contribution is -2.40. The van der Waals surface area contributed by atoms with Crippen molar-refractivity contribution in [3.05, 3.63) is 28.8 Å². The van der Waals surface area contributed by atoms with E-state index in [4.69, 9.17) is 17.3 Å². The number of halogens is 1. The van der Waals surface area contributed by atoms with Crippen molar-refractivity contribution in [2.24, 2.45) is 17.6 Å². The second-order valence-corrected chi connectivity index (χ2v) is 8.31. The van der Waals surface area contributed by atoms with Gasteiger partial charge < -0.3 is 5.73 Å². The van der Waals surface area contributed by atoms with E-state index in [-0.39, 0.29) is 17.5 Å². The van der Waals surface area contributed by atoms with Crippen LogP contribution in [0.2, 0.25) is 5.02 Å². The molecule has 0 amide bonds. The van der Waals surface area contributed by atoms with Gasteiger partial charge in [-0.1, -0.05) is 25.4 Å². The summed E-state index contributed by atoms with van der Waals surface area (Å²) in [6.07, 6.45) is 2.94. The summed E-state index contributed by atoms with van der Waals surface area (Å²) in [6.45, 7) is 4.57. The van der Waals surface area contributed by atoms with Gasteiger partial charge >= 0.3 is 0 Å². The molecule has 0 aromatic heterocycles. The monoisotopic (exact) mass is 330 g/mol. The first kappa shape index (κ1) is 16.7. The van der Waals surface area contributed by atoms with Gasteiger partial charge in [0.1, 0.15) is 0 Å². The average Bonchev–Trinajstić information content (AvgIpc) is 2.37. The molecule has 0 radical (unpaired) electrons. The van der Waals surface area contributed by atoms with E-state index in [9.17, 15) is 8.42 Å². The van der Waals surface area contributed by atoms with Crippen molar-refractivity contribution in [1.29, 1.82) is 0 Å². The Labute approximate surface area is 132 Å². The summed E-state index contributed by atoms with van der Waals surface area (Å²) in [7, 11) is -3.52. The van der Waals surface area contributed by atoms with Crippen LogP contribution in [0.15, 0.2) is 23.1 Å². The van der Waals surface area contributed by atoms with Gasteiger partial charge in [-0.3, -0.25) is 0 Å². The molecule has 1 aliphatic carbocycles. The van der Waals surface area contributed by atoms with Crippen LogP contribution in [-0.2, 0) is 16.6 Å². The lowest BCUT2D eigenvalue weighted by Gasteiger charge is -2.31. The first-order valence-corrected chi connectivity index (χ1v) is 9.18. The molecule has 0 aliphatic heterocycles. The Bertz CT molecular complexity index is 594. The number of nitrogens with one attached hydrogen (secondary N) is 1. The molecule has 21 heavy (non-hydrogen) atoms. The molecule has 3 N–H and O–H groups in total. The Kier molecular flexibility index (Phi) is 5.30. The molecule has 2 atom stereocenters. The van der Waals surface area contributed by atoms with Gasteiger partial charge in [0.05, 0.1) is 4.90 Å². The third kappa shape index (κ3) is 4.19. The maximum atomic E-state index is 12.5. The summed E-state index contributed by atoms with van der Waals surface area (Å²) in [5.74, 6) is 1.09. The number of rotatable bonds is 4. The van der Waals surface area contributed by atoms with Gasteiger partial charge in [-0.15, -0.1) is 0 Å². The molecule has 0 saturated heterocycles. The largest absolute Gasteiger partial charge is 0.326 e. The van der Waals surface area contributed by atoms with Gasteiger partial charge in [0.15, 0.2) is 0 Å². The fourth-order valence-electron chi connectivity index (χ4n) is 3.21. The van der Waals surface area contributed by atoms with Crippen LogP contribution in [-0.4, -0.2) is 14.5 Å². The highest BCUT2D eigenvalue weighted by molar-refractivity contribution is 7.89. The highest BCUT2D eigenvalue weighted by Crippen LogP contribution is 2.29. The Hall–Kier alpha value is -0.620. The van der Waals surface area contributed by atoms with Crippen LogP contribution in [0.1, 0.15) is 38.7 Å². The molecule has 1 aliphatic rings. The van der Waals surface area contributed by atoms with Crippen LogP contribution in [0.5, 0.6) is 0 Å². The third-order valence-electron chi connectivity index (χ3n) is 4.05. The lowest BCUT2D eigenvalue weighted by molar-refractivity contribution is 0.257. The molecule has 1 saturated carbocycles. The van der Waals surface area contributed by atoms with Crippen LogP contribution in [0.4, 0.5) is 0 Å². The minimum Gasteiger partial charge on any atom is -0.326 e. The van der Waals surface area contributed by atoms with E-state index in [0.717, 1.165) is 19.3 Å². The second-order valence-electron chi connectivity index (χ2n) is 6.19. The summed E-state index contributed by atoms with van der Waals surface area (Å²) >= 11 is 5.98. The smallest absolute Gasteiger partial charge is 0.240 e. The Balaban J connectivity index is 2.18. The molecular formula is C15H23ClN2O2S. The van der Waals surface area contributed by atoms with Gasteiger partial charge in [0.2, 0.25) is 10.0 Å². The zero-order valence-electron chi connectivity index (χ0n) is 12.5. The lowest BCUT2D eigenvalue weighted by atomic mass is 9.81. The standard InChI is InChI=1S/C15H23ClN2O2S/c1-10-5-11(2)7-13(6-10)18-21(19,20)14-3-4-15(16)12(8-14)9-17/h3-4,8,10-11,13,18H,5-7,9,17H2,1-2H3. The quantitative estimate of drug-likeness (QED) is 0.891. The van der Waals surface area contributed by atoms with Crippen molar-refractivity contribution in [3.63, 3.8) is 0 Å². The van der Waals surface area contributed by atoms with Gasteiger partial charge in [-0.2, -0.15) is 0 Å². The van der Waals surface area contributed by atoms with E-state index in [1.807, 2.05) is 0 Å². The van der Waals surface area contributed by atoms with Crippen LogP contribution >= 0.6 is 11.6 Å². The first-order chi connectivity index (χ1) is 9.81. The first-order valence-electron chi connectivity index (χ1n) is 7.32. The van der Waals surface area contributed by atoms with Crippen molar-refractivity contribution >= 4 is 21.6 Å². The van der Waals surface area contributed by atoms with Crippen LogP contribution in [0.3, 0.4) is 0 Å². The molecule has 4 nitrogen and oxygen atoms in total. The predicted molar refractivity (Wildman–Crippen MR) is 85.6 cm³/mol. The Morgan fingerprint density at radius 2 is 1.86 bits per heavy atom. The highest BCUT2D eigenvalue weighted by Gasteiger charge is 2.28. The molecule has 2 rings (SSSR count). The molecule has 118 valence electrons. The van der Waals surface area contributed by atoms with Crippen LogP contribution in [0, 0.1) is 11.8 Å². The predicted octanol–water partition coefficient (Wildman–Crippen LogP) is 2.90. The fourth-order valence-corrected chi connectivity index (χ4v) is 4.71. The van der Waals surface area contributed by atoms with E-state index in [0.29, 0.717) is 22.4 Å². The van der Waals surface area contributed by atoms with Gasteiger partial charge in [-0.05, 0) is 54.9 Å². The van der Waals surface area contributed by atoms with Gasteiger partial charge in [0, 0.05) is 17.6 Å². The van der Waals surface area contributed by atoms with Crippen molar-refractivity contribution in [1.82, 2.24) is 4.72 Å². The highest BCUT2D eigenvalue weighted by atomic mass is 35.5. The maximum absolute atomic E-state index is 12.5. The fraction of sp³-hybridized carbons (Fsp3) is 0.600. The molecule has 0 bridgehead atoms. The Morgan fingerprint density at radius 3 is 2.43 bits per heavy atom. The van der Waals surface area contributed by atoms with E-state index < -0.39 is 10.0 Å². The second kappa shape index (κ2) is 6.65. The van der Waals surface area contributed by atoms with E-state index >= 15 is 0 Å². The van der Waals surface area contributed by atoms with E-state index in [2.05, 4.69) is 18.6 Å². The van der Waals surface area contributed by atoms with Crippen LogP contribution in [0.25, 0.3) is 0 Å². The zero-order valence-corrected chi connectivity index (χ0v) is 14.0. The number of hydrogen-bond acceptors (Lipinski definition) is 3. The minimum atomic E-state index is -3.52. The van der Waals surface area contributed by atoms with E-state index in [1.165, 1.54) is 6.07 Å². The van der Waals surface area contributed by atoms with E-state index in [1.54, 1.807) is 12.1 Å². The van der Waals surface area contributed by atoms with Gasteiger partial charge in [-0.25, -0.2) is 13.1 Å². The molecule has 1 aromatic carbocycles. The molecule has 0 heterocycles. The molecule has 0 spiro atoms. The minimum absolute atomic E-state index is 0.00533.